The number of carbonyl (C=O) groups is 1. The van der Waals surface area contributed by atoms with E-state index in [1.807, 2.05) is 50.2 Å². The first-order chi connectivity index (χ1) is 12.9. The van der Waals surface area contributed by atoms with Gasteiger partial charge in [0.1, 0.15) is 0 Å². The molecule has 0 aliphatic heterocycles. The van der Waals surface area contributed by atoms with Gasteiger partial charge in [0.2, 0.25) is 0 Å². The van der Waals surface area contributed by atoms with Crippen molar-refractivity contribution in [2.75, 3.05) is 4.72 Å². The van der Waals surface area contributed by atoms with Crippen LogP contribution in [0.25, 0.3) is 22.4 Å². The lowest BCUT2D eigenvalue weighted by Gasteiger charge is -2.07. The summed E-state index contributed by atoms with van der Waals surface area (Å²) < 4.78 is 22.2. The molecular weight excluding hydrogens is 384 g/mol. The minimum atomic E-state index is -2.13. The van der Waals surface area contributed by atoms with Gasteiger partial charge in [-0.1, -0.05) is 42.8 Å². The Kier molecular flexibility index (Phi) is 5.79. The van der Waals surface area contributed by atoms with Crippen LogP contribution < -0.4 is 4.72 Å². The molecule has 0 saturated carbocycles. The number of Topliss-reactive ketones (excluding diaryl/α,β-unsaturated/α-hetero) is 1. The van der Waals surface area contributed by atoms with Crippen LogP contribution in [-0.4, -0.2) is 19.5 Å². The SMILES string of the molecule is CCC(=O)c1[nH]c(-c2ccc(Cl)cc2)c(C)c1-c1ccc(NS(=O)O)cc1. The molecule has 3 rings (SSSR count). The van der Waals surface area contributed by atoms with Gasteiger partial charge < -0.3 is 4.98 Å². The molecule has 5 nitrogen and oxygen atoms in total. The number of H-pyrrole nitrogens is 1. The highest BCUT2D eigenvalue weighted by atomic mass is 35.5. The molecule has 0 saturated heterocycles. The normalized spacial score (nSPS) is 12.0. The van der Waals surface area contributed by atoms with Gasteiger partial charge in [0.05, 0.1) is 5.69 Å². The topological polar surface area (TPSA) is 82.2 Å². The molecule has 1 unspecified atom stereocenters. The Labute approximate surface area is 165 Å². The first-order valence-corrected chi connectivity index (χ1v) is 9.88. The number of hydrogen-bond acceptors (Lipinski definition) is 2. The molecule has 0 aliphatic rings. The van der Waals surface area contributed by atoms with Crippen LogP contribution in [0.1, 0.15) is 29.4 Å². The molecule has 0 bridgehead atoms. The van der Waals surface area contributed by atoms with Crippen molar-refractivity contribution in [1.82, 2.24) is 4.98 Å². The van der Waals surface area contributed by atoms with Gasteiger partial charge in [-0.3, -0.25) is 14.1 Å². The zero-order valence-corrected chi connectivity index (χ0v) is 16.4. The maximum Gasteiger partial charge on any atom is 0.259 e. The first kappa shape index (κ1) is 19.4. The monoisotopic (exact) mass is 402 g/mol. The minimum Gasteiger partial charge on any atom is -0.351 e. The number of carbonyl (C=O) groups excluding carboxylic acids is 1. The van der Waals surface area contributed by atoms with Gasteiger partial charge in [-0.15, -0.1) is 0 Å². The number of aromatic amines is 1. The van der Waals surface area contributed by atoms with E-state index in [9.17, 15) is 9.00 Å². The maximum absolute atomic E-state index is 12.5. The quantitative estimate of drug-likeness (QED) is 0.378. The van der Waals surface area contributed by atoms with Gasteiger partial charge >= 0.3 is 0 Å². The lowest BCUT2D eigenvalue weighted by molar-refractivity contribution is 0.0984. The van der Waals surface area contributed by atoms with Crippen molar-refractivity contribution >= 4 is 34.3 Å². The molecular formula is C20H19ClN2O3S. The second-order valence-electron chi connectivity index (χ2n) is 6.09. The third kappa shape index (κ3) is 4.13. The highest BCUT2D eigenvalue weighted by molar-refractivity contribution is 7.80. The summed E-state index contributed by atoms with van der Waals surface area (Å²) >= 11 is 3.86. The van der Waals surface area contributed by atoms with E-state index in [2.05, 4.69) is 9.71 Å². The smallest absolute Gasteiger partial charge is 0.259 e. The number of ketones is 1. The van der Waals surface area contributed by atoms with Crippen LogP contribution >= 0.6 is 11.6 Å². The Morgan fingerprint density at radius 3 is 2.26 bits per heavy atom. The van der Waals surface area contributed by atoms with E-state index >= 15 is 0 Å². The molecule has 1 heterocycles. The molecule has 0 radical (unpaired) electrons. The van der Waals surface area contributed by atoms with Crippen LogP contribution in [0, 0.1) is 6.92 Å². The molecule has 2 aromatic carbocycles. The lowest BCUT2D eigenvalue weighted by Crippen LogP contribution is -2.02. The van der Waals surface area contributed by atoms with E-state index in [1.165, 1.54) is 0 Å². The minimum absolute atomic E-state index is 0.0203. The summed E-state index contributed by atoms with van der Waals surface area (Å²) in [6.07, 6.45) is 0.385. The van der Waals surface area contributed by atoms with E-state index < -0.39 is 11.3 Å². The second-order valence-corrected chi connectivity index (χ2v) is 7.23. The number of hydrogen-bond donors (Lipinski definition) is 3. The standard InChI is InChI=1S/C20H19ClN2O3S/c1-3-17(24)20-18(13-6-10-16(11-7-13)23-27(25)26)12(2)19(22-20)14-4-8-15(21)9-5-14/h4-11,22-23H,3H2,1-2H3,(H,25,26). The summed E-state index contributed by atoms with van der Waals surface area (Å²) in [7, 11) is 0. The Hall–Kier alpha value is -2.41. The number of anilines is 1. The average Bonchev–Trinajstić information content (AvgIpc) is 2.99. The Morgan fingerprint density at radius 2 is 1.70 bits per heavy atom. The lowest BCUT2D eigenvalue weighted by atomic mass is 9.97. The highest BCUT2D eigenvalue weighted by Crippen LogP contribution is 2.36. The molecule has 3 aromatic rings. The molecule has 1 atom stereocenters. The van der Waals surface area contributed by atoms with Crippen LogP contribution in [-0.2, 0) is 11.3 Å². The molecule has 27 heavy (non-hydrogen) atoms. The van der Waals surface area contributed by atoms with Crippen molar-refractivity contribution in [1.29, 1.82) is 0 Å². The maximum atomic E-state index is 12.5. The molecule has 0 fully saturated rings. The van der Waals surface area contributed by atoms with Gasteiger partial charge in [-0.05, 0) is 47.9 Å². The van der Waals surface area contributed by atoms with Crippen LogP contribution in [0.4, 0.5) is 5.69 Å². The van der Waals surface area contributed by atoms with Crippen molar-refractivity contribution in [3.63, 3.8) is 0 Å². The van der Waals surface area contributed by atoms with E-state index in [0.29, 0.717) is 22.8 Å². The average molecular weight is 403 g/mol. The Morgan fingerprint density at radius 1 is 1.11 bits per heavy atom. The van der Waals surface area contributed by atoms with E-state index in [1.54, 1.807) is 12.1 Å². The van der Waals surface area contributed by atoms with Crippen molar-refractivity contribution in [2.45, 2.75) is 20.3 Å². The highest BCUT2D eigenvalue weighted by Gasteiger charge is 2.21. The summed E-state index contributed by atoms with van der Waals surface area (Å²) in [5.41, 5.74) is 5.55. The Bertz CT molecular complexity index is 995. The molecule has 140 valence electrons. The molecule has 0 amide bonds. The number of halogens is 1. The fourth-order valence-corrected chi connectivity index (χ4v) is 3.52. The van der Waals surface area contributed by atoms with Gasteiger partial charge in [-0.2, -0.15) is 0 Å². The van der Waals surface area contributed by atoms with Crippen molar-refractivity contribution in [3.8, 4) is 22.4 Å². The fourth-order valence-electron chi connectivity index (χ4n) is 3.05. The molecule has 0 aliphatic carbocycles. The summed E-state index contributed by atoms with van der Waals surface area (Å²) in [5.74, 6) is 0.0203. The number of nitrogens with one attached hydrogen (secondary N) is 2. The van der Waals surface area contributed by atoms with Crippen molar-refractivity contribution < 1.29 is 13.6 Å². The van der Waals surface area contributed by atoms with Gasteiger partial charge in [0.25, 0.3) is 11.3 Å². The zero-order chi connectivity index (χ0) is 19.6. The van der Waals surface area contributed by atoms with Gasteiger partial charge in [-0.25, -0.2) is 4.21 Å². The summed E-state index contributed by atoms with van der Waals surface area (Å²) in [4.78, 5) is 15.8. The first-order valence-electron chi connectivity index (χ1n) is 8.40. The number of rotatable bonds is 6. The van der Waals surface area contributed by atoms with E-state index in [-0.39, 0.29) is 5.78 Å². The third-order valence-electron chi connectivity index (χ3n) is 4.36. The van der Waals surface area contributed by atoms with Crippen LogP contribution in [0.15, 0.2) is 48.5 Å². The van der Waals surface area contributed by atoms with Gasteiger partial charge in [0.15, 0.2) is 5.78 Å². The summed E-state index contributed by atoms with van der Waals surface area (Å²) in [5, 5.41) is 0.650. The van der Waals surface area contributed by atoms with E-state index in [4.69, 9.17) is 16.2 Å². The van der Waals surface area contributed by atoms with Crippen molar-refractivity contribution in [3.05, 3.63) is 64.8 Å². The predicted molar refractivity (Wildman–Crippen MR) is 110 cm³/mol. The summed E-state index contributed by atoms with van der Waals surface area (Å²) in [6.45, 7) is 3.80. The van der Waals surface area contributed by atoms with Gasteiger partial charge in [0, 0.05) is 28.4 Å². The van der Waals surface area contributed by atoms with Crippen molar-refractivity contribution in [2.24, 2.45) is 0 Å². The summed E-state index contributed by atoms with van der Waals surface area (Å²) in [6, 6.07) is 14.5. The molecule has 0 spiro atoms. The third-order valence-corrected chi connectivity index (χ3v) is 5.02. The Balaban J connectivity index is 2.11. The number of benzene rings is 2. The fraction of sp³-hybridized carbons (Fsp3) is 0.150. The van der Waals surface area contributed by atoms with Crippen LogP contribution in [0.5, 0.6) is 0 Å². The van der Waals surface area contributed by atoms with E-state index in [0.717, 1.165) is 27.9 Å². The number of aromatic nitrogens is 1. The molecule has 7 heteroatoms. The second kappa shape index (κ2) is 8.08. The predicted octanol–water partition coefficient (Wildman–Crippen LogP) is 5.45. The zero-order valence-electron chi connectivity index (χ0n) is 14.9. The molecule has 3 N–H and O–H groups in total. The van der Waals surface area contributed by atoms with Crippen LogP contribution in [0.2, 0.25) is 5.02 Å². The van der Waals surface area contributed by atoms with Crippen LogP contribution in [0.3, 0.4) is 0 Å². The largest absolute Gasteiger partial charge is 0.351 e. The molecule has 1 aromatic heterocycles.